The van der Waals surface area contributed by atoms with Crippen LogP contribution in [0.1, 0.15) is 6.42 Å². The summed E-state index contributed by atoms with van der Waals surface area (Å²) in [5, 5.41) is 30.8. The second-order valence-corrected chi connectivity index (χ2v) is 7.25. The number of imidazole rings is 1. The van der Waals surface area contributed by atoms with E-state index in [1.807, 2.05) is 0 Å². The summed E-state index contributed by atoms with van der Waals surface area (Å²) in [6.07, 6.45) is -2.51. The van der Waals surface area contributed by atoms with Crippen LogP contribution >= 0.6 is 0 Å². The molecule has 11 nitrogen and oxygen atoms in total. The minimum absolute atomic E-state index is 0.0167. The third-order valence-corrected chi connectivity index (χ3v) is 5.50. The Morgan fingerprint density at radius 2 is 2.07 bits per heavy atom. The zero-order valence-electron chi connectivity index (χ0n) is 15.0. The van der Waals surface area contributed by atoms with Gasteiger partial charge in [-0.15, -0.1) is 0 Å². The third-order valence-electron chi connectivity index (χ3n) is 5.50. The maximum absolute atomic E-state index is 12.7. The zero-order valence-corrected chi connectivity index (χ0v) is 15.0. The van der Waals surface area contributed by atoms with E-state index < -0.39 is 41.3 Å². The molecule has 0 radical (unpaired) electrons. The summed E-state index contributed by atoms with van der Waals surface area (Å²) in [5.74, 6) is 0. The first-order valence-electron chi connectivity index (χ1n) is 8.67. The molecule has 0 aromatic carbocycles. The monoisotopic (exact) mass is 382 g/mol. The maximum atomic E-state index is 12.7. The zero-order chi connectivity index (χ0) is 19.5. The molecule has 11 heteroatoms. The molecule has 0 amide bonds. The van der Waals surface area contributed by atoms with Crippen molar-refractivity contribution in [2.24, 2.45) is 14.1 Å². The highest BCUT2D eigenvalue weighted by molar-refractivity contribution is 5.69. The Kier molecular flexibility index (Phi) is 4.24. The molecular formula is C16H22N4O7. The number of rotatable bonds is 4. The van der Waals surface area contributed by atoms with Gasteiger partial charge in [-0.3, -0.25) is 13.9 Å². The molecule has 2 aliphatic rings. The van der Waals surface area contributed by atoms with Gasteiger partial charge in [-0.25, -0.2) is 9.78 Å². The number of fused-ring (bicyclic) bond motifs is 2. The van der Waals surface area contributed by atoms with Crippen LogP contribution < -0.4 is 11.2 Å². The average molecular weight is 382 g/mol. The molecule has 3 N–H and O–H groups in total. The minimum atomic E-state index is -1.26. The number of aliphatic hydroxyl groups excluding tert-OH is 3. The van der Waals surface area contributed by atoms with E-state index >= 15 is 0 Å². The van der Waals surface area contributed by atoms with Gasteiger partial charge >= 0.3 is 5.69 Å². The number of aromatic nitrogens is 4. The normalized spacial score (nSPS) is 31.5. The second kappa shape index (κ2) is 6.24. The molecule has 0 spiro atoms. The fourth-order valence-corrected chi connectivity index (χ4v) is 4.12. The molecule has 1 unspecified atom stereocenters. The van der Waals surface area contributed by atoms with Crippen molar-refractivity contribution in [1.82, 2.24) is 18.7 Å². The summed E-state index contributed by atoms with van der Waals surface area (Å²) in [6, 6.07) is 0. The molecule has 2 saturated heterocycles. The number of aliphatic hydroxyl groups is 3. The van der Waals surface area contributed by atoms with Gasteiger partial charge in [0.1, 0.15) is 23.9 Å². The Labute approximate surface area is 153 Å². The summed E-state index contributed by atoms with van der Waals surface area (Å²) in [4.78, 5) is 29.3. The summed E-state index contributed by atoms with van der Waals surface area (Å²) < 4.78 is 14.7. The van der Waals surface area contributed by atoms with E-state index in [0.717, 1.165) is 4.57 Å². The average Bonchev–Trinajstić information content (AvgIpc) is 3.26. The Balaban J connectivity index is 1.66. The van der Waals surface area contributed by atoms with Gasteiger partial charge in [-0.05, 0) is 0 Å². The highest BCUT2D eigenvalue weighted by Crippen LogP contribution is 2.41. The number of hydrogen-bond acceptors (Lipinski definition) is 8. The number of ether oxygens (including phenoxy) is 2. The quantitative estimate of drug-likeness (QED) is 0.511. The largest absolute Gasteiger partial charge is 0.391 e. The lowest BCUT2D eigenvalue weighted by atomic mass is 9.86. The summed E-state index contributed by atoms with van der Waals surface area (Å²) in [6.45, 7) is -0.318. The van der Waals surface area contributed by atoms with Crippen LogP contribution in [-0.4, -0.2) is 77.2 Å². The molecule has 148 valence electrons. The van der Waals surface area contributed by atoms with Crippen LogP contribution in [-0.2, 0) is 30.1 Å². The van der Waals surface area contributed by atoms with Crippen LogP contribution in [0.5, 0.6) is 0 Å². The summed E-state index contributed by atoms with van der Waals surface area (Å²) in [5.41, 5.74) is -1.91. The standard InChI is InChI=1S/C16H22N4O7/c1-18-7-17-13-11(18)14(24)20(15(25)19(13)2)4-8(21)3-16-10(23)6-26-12(16)9(22)5-27-16/h7-10,12,21-23H,3-6H2,1-2H3/t8?,9-,10+,12-,16-/m1/s1. The number of aryl methyl sites for hydroxylation is 2. The van der Waals surface area contributed by atoms with Gasteiger partial charge in [0.25, 0.3) is 5.56 Å². The Morgan fingerprint density at radius 3 is 2.81 bits per heavy atom. The summed E-state index contributed by atoms with van der Waals surface area (Å²) in [7, 11) is 3.14. The molecular weight excluding hydrogens is 360 g/mol. The first-order chi connectivity index (χ1) is 12.8. The first kappa shape index (κ1) is 18.3. The van der Waals surface area contributed by atoms with Gasteiger partial charge in [-0.1, -0.05) is 0 Å². The van der Waals surface area contributed by atoms with E-state index in [-0.39, 0.29) is 37.3 Å². The van der Waals surface area contributed by atoms with E-state index in [2.05, 4.69) is 4.98 Å². The van der Waals surface area contributed by atoms with Crippen LogP contribution in [0, 0.1) is 0 Å². The molecule has 2 aromatic heterocycles. The second-order valence-electron chi connectivity index (χ2n) is 7.25. The molecule has 27 heavy (non-hydrogen) atoms. The predicted molar refractivity (Wildman–Crippen MR) is 91.3 cm³/mol. The van der Waals surface area contributed by atoms with Crippen molar-refractivity contribution in [2.75, 3.05) is 13.2 Å². The van der Waals surface area contributed by atoms with Crippen molar-refractivity contribution >= 4 is 11.2 Å². The fraction of sp³-hybridized carbons (Fsp3) is 0.688. The van der Waals surface area contributed by atoms with Crippen LogP contribution in [0.25, 0.3) is 11.2 Å². The molecule has 0 aliphatic carbocycles. The lowest BCUT2D eigenvalue weighted by Crippen LogP contribution is -2.51. The first-order valence-corrected chi connectivity index (χ1v) is 8.67. The van der Waals surface area contributed by atoms with Gasteiger partial charge < -0.3 is 29.4 Å². The highest BCUT2D eigenvalue weighted by Gasteiger charge is 2.60. The molecule has 4 rings (SSSR count). The minimum Gasteiger partial charge on any atom is -0.391 e. The van der Waals surface area contributed by atoms with Gasteiger partial charge in [-0.2, -0.15) is 0 Å². The van der Waals surface area contributed by atoms with E-state index in [4.69, 9.17) is 9.47 Å². The molecule has 0 bridgehead atoms. The Morgan fingerprint density at radius 1 is 1.33 bits per heavy atom. The van der Waals surface area contributed by atoms with Crippen molar-refractivity contribution in [2.45, 2.75) is 43.0 Å². The molecule has 5 atom stereocenters. The van der Waals surface area contributed by atoms with Gasteiger partial charge in [0, 0.05) is 20.5 Å². The van der Waals surface area contributed by atoms with E-state index in [9.17, 15) is 24.9 Å². The number of nitrogens with zero attached hydrogens (tertiary/aromatic N) is 4. The lowest BCUT2D eigenvalue weighted by molar-refractivity contribution is -0.103. The maximum Gasteiger partial charge on any atom is 0.332 e. The van der Waals surface area contributed by atoms with Crippen LogP contribution in [0.3, 0.4) is 0 Å². The Bertz CT molecular complexity index is 995. The van der Waals surface area contributed by atoms with Crippen LogP contribution in [0.4, 0.5) is 0 Å². The van der Waals surface area contributed by atoms with Gasteiger partial charge in [0.15, 0.2) is 11.2 Å². The fourth-order valence-electron chi connectivity index (χ4n) is 4.12. The van der Waals surface area contributed by atoms with Gasteiger partial charge in [0.2, 0.25) is 0 Å². The van der Waals surface area contributed by atoms with E-state index in [0.29, 0.717) is 0 Å². The van der Waals surface area contributed by atoms with Crippen molar-refractivity contribution in [3.05, 3.63) is 27.2 Å². The predicted octanol–water partition coefficient (Wildman–Crippen LogP) is -2.93. The molecule has 0 saturated carbocycles. The summed E-state index contributed by atoms with van der Waals surface area (Å²) >= 11 is 0. The van der Waals surface area contributed by atoms with Crippen LogP contribution in [0.15, 0.2) is 15.9 Å². The Hall–Kier alpha value is -2.05. The van der Waals surface area contributed by atoms with Crippen molar-refractivity contribution in [1.29, 1.82) is 0 Å². The van der Waals surface area contributed by atoms with Crippen molar-refractivity contribution in [3.63, 3.8) is 0 Å². The van der Waals surface area contributed by atoms with Gasteiger partial charge in [0.05, 0.1) is 32.2 Å². The van der Waals surface area contributed by atoms with Crippen molar-refractivity contribution in [3.8, 4) is 0 Å². The molecule has 2 aromatic rings. The highest BCUT2D eigenvalue weighted by atomic mass is 16.6. The molecule has 2 aliphatic heterocycles. The van der Waals surface area contributed by atoms with Crippen LogP contribution in [0.2, 0.25) is 0 Å². The third kappa shape index (κ3) is 2.57. The number of hydrogen-bond donors (Lipinski definition) is 3. The smallest absolute Gasteiger partial charge is 0.332 e. The topological polar surface area (TPSA) is 141 Å². The van der Waals surface area contributed by atoms with Crippen molar-refractivity contribution < 1.29 is 24.8 Å². The molecule has 4 heterocycles. The van der Waals surface area contributed by atoms with E-state index in [1.54, 1.807) is 7.05 Å². The molecule has 2 fully saturated rings. The SMILES string of the molecule is Cn1cnc2c1c(=O)n(CC(O)C[C@]13OC[C@@H](O)[C@H]1OC[C@@H]3O)c(=O)n2C. The lowest BCUT2D eigenvalue weighted by Gasteiger charge is -2.32. The van der Waals surface area contributed by atoms with E-state index in [1.165, 1.54) is 22.5 Å².